The highest BCUT2D eigenvalue weighted by Crippen LogP contribution is 2.32. The lowest BCUT2D eigenvalue weighted by atomic mass is 10.3. The number of thioether (sulfide) groups is 1. The smallest absolute Gasteiger partial charge is 0.276 e. The van der Waals surface area contributed by atoms with Crippen LogP contribution in [-0.4, -0.2) is 43.5 Å². The van der Waals surface area contributed by atoms with Gasteiger partial charge in [-0.2, -0.15) is 10.2 Å². The van der Waals surface area contributed by atoms with Crippen LogP contribution >= 0.6 is 23.5 Å². The molecule has 0 aromatic carbocycles. The topological polar surface area (TPSA) is 107 Å². The van der Waals surface area contributed by atoms with Crippen molar-refractivity contribution in [3.05, 3.63) is 48.4 Å². The van der Waals surface area contributed by atoms with E-state index in [1.165, 1.54) is 23.5 Å². The van der Waals surface area contributed by atoms with Gasteiger partial charge in [-0.3, -0.25) is 9.48 Å². The minimum atomic E-state index is -0.341. The molecule has 0 bridgehead atoms. The number of amides is 1. The number of pyridine rings is 2. The van der Waals surface area contributed by atoms with Gasteiger partial charge in [-0.05, 0) is 25.1 Å². The average Bonchev–Trinajstić information content (AvgIpc) is 3.42. The molecule has 3 aromatic rings. The number of nitrogens with zero attached hydrogens (tertiary/aromatic N) is 6. The van der Waals surface area contributed by atoms with Gasteiger partial charge in [0.25, 0.3) is 5.91 Å². The highest BCUT2D eigenvalue weighted by atomic mass is 32.2. The molecule has 1 aliphatic heterocycles. The molecule has 0 saturated carbocycles. The van der Waals surface area contributed by atoms with Crippen molar-refractivity contribution < 1.29 is 9.53 Å². The van der Waals surface area contributed by atoms with Crippen LogP contribution in [0.3, 0.4) is 0 Å². The fourth-order valence-electron chi connectivity index (χ4n) is 2.62. The molecule has 4 heterocycles. The van der Waals surface area contributed by atoms with E-state index in [1.807, 2.05) is 25.1 Å². The molecule has 0 atom stereocenters. The van der Waals surface area contributed by atoms with Crippen LogP contribution in [0.5, 0.6) is 5.88 Å². The minimum Gasteiger partial charge on any atom is -0.478 e. The van der Waals surface area contributed by atoms with Crippen molar-refractivity contribution in [3.63, 3.8) is 0 Å². The van der Waals surface area contributed by atoms with E-state index in [0.717, 1.165) is 9.94 Å². The number of hydrogen-bond donors (Lipinski definition) is 1. The summed E-state index contributed by atoms with van der Waals surface area (Å²) in [4.78, 5) is 23.5. The van der Waals surface area contributed by atoms with Gasteiger partial charge in [-0.25, -0.2) is 9.97 Å². The molecular weight excluding hydrogens is 434 g/mol. The zero-order valence-corrected chi connectivity index (χ0v) is 18.5. The quantitative estimate of drug-likeness (QED) is 0.578. The van der Waals surface area contributed by atoms with Crippen LogP contribution in [0.1, 0.15) is 23.8 Å². The maximum Gasteiger partial charge on any atom is 0.276 e. The van der Waals surface area contributed by atoms with E-state index in [4.69, 9.17) is 4.74 Å². The Balaban J connectivity index is 1.59. The molecule has 4 rings (SSSR count). The first-order valence-electron chi connectivity index (χ1n) is 9.45. The van der Waals surface area contributed by atoms with Gasteiger partial charge >= 0.3 is 0 Å². The van der Waals surface area contributed by atoms with Crippen LogP contribution in [0.25, 0.3) is 0 Å². The zero-order valence-electron chi connectivity index (χ0n) is 16.8. The zero-order chi connectivity index (χ0) is 21.6. The van der Waals surface area contributed by atoms with Crippen molar-refractivity contribution in [2.75, 3.05) is 11.9 Å². The molecule has 0 radical (unpaired) electrons. The Morgan fingerprint density at radius 3 is 2.81 bits per heavy atom. The number of ether oxygens (including phenoxy) is 1. The molecule has 0 unspecified atom stereocenters. The van der Waals surface area contributed by atoms with Crippen molar-refractivity contribution in [2.45, 2.75) is 28.2 Å². The first kappa shape index (κ1) is 21.1. The average molecular weight is 454 g/mol. The summed E-state index contributed by atoms with van der Waals surface area (Å²) in [6, 6.07) is 9.17. The van der Waals surface area contributed by atoms with Gasteiger partial charge < -0.3 is 10.1 Å². The number of nitrogens with one attached hydrogen (secondary N) is 1. The Morgan fingerprint density at radius 2 is 2.13 bits per heavy atom. The van der Waals surface area contributed by atoms with Gasteiger partial charge in [-0.1, -0.05) is 23.5 Å². The normalized spacial score (nSPS) is 12.6. The summed E-state index contributed by atoms with van der Waals surface area (Å²) in [7, 11) is 1.79. The third kappa shape index (κ3) is 5.50. The Kier molecular flexibility index (Phi) is 6.63. The second-order valence-corrected chi connectivity index (χ2v) is 8.50. The van der Waals surface area contributed by atoms with Crippen molar-refractivity contribution in [2.24, 2.45) is 17.3 Å². The highest BCUT2D eigenvalue weighted by molar-refractivity contribution is 8.14. The van der Waals surface area contributed by atoms with E-state index in [0.29, 0.717) is 40.3 Å². The Bertz CT molecular complexity index is 1140. The van der Waals surface area contributed by atoms with Crippen LogP contribution in [0.4, 0.5) is 5.82 Å². The summed E-state index contributed by atoms with van der Waals surface area (Å²) >= 11 is 2.80. The standard InChI is InChI=1S/C20H19N7O2S2/c1-3-29-16-6-4-13(12-21-16)30-14-5-7-17(31-18-8-10-22-25-18)24-19(14)20(28)23-15-9-11-27(2)26-15/h4-7,9-12H,3,8H2,1-2H3,(H,23,26,28). The number of aromatic nitrogens is 4. The van der Waals surface area contributed by atoms with E-state index in [2.05, 4.69) is 30.6 Å². The molecule has 0 spiro atoms. The van der Waals surface area contributed by atoms with Gasteiger partial charge in [0.1, 0.15) is 15.8 Å². The van der Waals surface area contributed by atoms with Gasteiger partial charge in [-0.15, -0.1) is 5.10 Å². The monoisotopic (exact) mass is 453 g/mol. The SMILES string of the molecule is CCOc1ccc(Sc2ccc(SC3=NN=CC3)nc2C(=O)Nc2ccn(C)n2)cn1. The first-order valence-corrected chi connectivity index (χ1v) is 11.1. The predicted molar refractivity (Wildman–Crippen MR) is 121 cm³/mol. The van der Waals surface area contributed by atoms with Crippen LogP contribution in [0.15, 0.2) is 67.7 Å². The van der Waals surface area contributed by atoms with Crippen LogP contribution in [-0.2, 0) is 7.05 Å². The van der Waals surface area contributed by atoms with Crippen molar-refractivity contribution >= 4 is 46.5 Å². The highest BCUT2D eigenvalue weighted by Gasteiger charge is 2.18. The molecular formula is C20H19N7O2S2. The van der Waals surface area contributed by atoms with Crippen LogP contribution < -0.4 is 10.1 Å². The summed E-state index contributed by atoms with van der Waals surface area (Å²) in [5.41, 5.74) is 0.300. The van der Waals surface area contributed by atoms with Gasteiger partial charge in [0, 0.05) is 54.0 Å². The van der Waals surface area contributed by atoms with E-state index in [-0.39, 0.29) is 5.91 Å². The molecule has 0 saturated heterocycles. The largest absolute Gasteiger partial charge is 0.478 e. The molecule has 3 aromatic heterocycles. The number of aryl methyl sites for hydroxylation is 1. The molecule has 31 heavy (non-hydrogen) atoms. The lowest BCUT2D eigenvalue weighted by Crippen LogP contribution is -2.16. The number of rotatable bonds is 7. The van der Waals surface area contributed by atoms with E-state index >= 15 is 0 Å². The van der Waals surface area contributed by atoms with Crippen LogP contribution in [0, 0.1) is 0 Å². The maximum absolute atomic E-state index is 13.0. The van der Waals surface area contributed by atoms with Gasteiger partial charge in [0.05, 0.1) is 6.61 Å². The third-order valence-corrected chi connectivity index (χ3v) is 5.92. The molecule has 0 aliphatic carbocycles. The predicted octanol–water partition coefficient (Wildman–Crippen LogP) is 3.89. The number of hydrogen-bond acceptors (Lipinski definition) is 9. The van der Waals surface area contributed by atoms with E-state index in [9.17, 15) is 4.79 Å². The first-order chi connectivity index (χ1) is 15.1. The fraction of sp³-hybridized carbons (Fsp3) is 0.200. The van der Waals surface area contributed by atoms with Crippen molar-refractivity contribution in [1.29, 1.82) is 0 Å². The molecule has 158 valence electrons. The summed E-state index contributed by atoms with van der Waals surface area (Å²) < 4.78 is 7.01. The summed E-state index contributed by atoms with van der Waals surface area (Å²) in [6.45, 7) is 2.46. The Hall–Kier alpha value is -3.18. The van der Waals surface area contributed by atoms with E-state index in [1.54, 1.807) is 42.5 Å². The molecule has 9 nitrogen and oxygen atoms in total. The molecule has 1 amide bonds. The lowest BCUT2D eigenvalue weighted by Gasteiger charge is -2.10. The Morgan fingerprint density at radius 1 is 1.23 bits per heavy atom. The maximum atomic E-state index is 13.0. The Labute approximate surface area is 187 Å². The summed E-state index contributed by atoms with van der Waals surface area (Å²) in [5, 5.41) is 16.5. The molecule has 1 aliphatic rings. The van der Waals surface area contributed by atoms with Gasteiger partial charge in [0.15, 0.2) is 5.82 Å². The van der Waals surface area contributed by atoms with Crippen molar-refractivity contribution in [1.82, 2.24) is 19.7 Å². The van der Waals surface area contributed by atoms with Gasteiger partial charge in [0.2, 0.25) is 5.88 Å². The number of carbonyl (C=O) groups excluding carboxylic acids is 1. The van der Waals surface area contributed by atoms with Crippen molar-refractivity contribution in [3.8, 4) is 5.88 Å². The fourth-order valence-corrected chi connectivity index (χ4v) is 4.25. The number of carbonyl (C=O) groups is 1. The molecule has 0 fully saturated rings. The summed E-state index contributed by atoms with van der Waals surface area (Å²) in [5.74, 6) is 0.677. The van der Waals surface area contributed by atoms with Crippen LogP contribution in [0.2, 0.25) is 0 Å². The summed E-state index contributed by atoms with van der Waals surface area (Å²) in [6.07, 6.45) is 5.87. The minimum absolute atomic E-state index is 0.300. The lowest BCUT2D eigenvalue weighted by molar-refractivity contribution is 0.101. The third-order valence-electron chi connectivity index (χ3n) is 3.97. The van der Waals surface area contributed by atoms with E-state index < -0.39 is 0 Å². The number of anilines is 1. The molecule has 1 N–H and O–H groups in total. The second-order valence-electron chi connectivity index (χ2n) is 6.29. The second kappa shape index (κ2) is 9.75. The molecule has 11 heteroatoms.